The second-order valence-corrected chi connectivity index (χ2v) is 6.18. The van der Waals surface area contributed by atoms with Gasteiger partial charge in [0, 0.05) is 35.6 Å². The molecule has 3 heterocycles. The third kappa shape index (κ3) is 2.74. The van der Waals surface area contributed by atoms with Gasteiger partial charge in [0.05, 0.1) is 11.7 Å². The molecule has 4 rings (SSSR count). The normalized spacial score (nSPS) is 20.7. The number of pyridine rings is 2. The van der Waals surface area contributed by atoms with Crippen molar-refractivity contribution in [2.75, 3.05) is 5.32 Å². The van der Waals surface area contributed by atoms with Crippen molar-refractivity contribution in [1.29, 1.82) is 0 Å². The summed E-state index contributed by atoms with van der Waals surface area (Å²) >= 11 is 0. The Bertz CT molecular complexity index is 818. The molecule has 1 saturated carbocycles. The van der Waals surface area contributed by atoms with E-state index < -0.39 is 0 Å². The maximum absolute atomic E-state index is 4.79. The van der Waals surface area contributed by atoms with Crippen LogP contribution < -0.4 is 5.32 Å². The summed E-state index contributed by atoms with van der Waals surface area (Å²) in [6, 6.07) is 6.32. The smallest absolute Gasteiger partial charge is 0.162 e. The van der Waals surface area contributed by atoms with Gasteiger partial charge in [0.25, 0.3) is 0 Å². The van der Waals surface area contributed by atoms with Crippen molar-refractivity contribution in [3.63, 3.8) is 0 Å². The van der Waals surface area contributed by atoms with Crippen molar-refractivity contribution >= 4 is 16.7 Å². The van der Waals surface area contributed by atoms with E-state index in [1.54, 1.807) is 24.8 Å². The summed E-state index contributed by atoms with van der Waals surface area (Å²) in [5.41, 5.74) is 1.83. The number of aromatic nitrogens is 4. The van der Waals surface area contributed by atoms with Crippen LogP contribution >= 0.6 is 0 Å². The standard InChI is InChI=1S/C18H19N5/c1-12-3-2-4-15(12)21-18-14-7-10-20-11-16(14)22-17(23-18)13-5-8-19-9-6-13/h5-12,15H,2-4H2,1H3,(H,21,22,23). The second-order valence-electron chi connectivity index (χ2n) is 6.18. The number of hydrogen-bond donors (Lipinski definition) is 1. The first-order valence-electron chi connectivity index (χ1n) is 8.10. The molecule has 0 radical (unpaired) electrons. The molecule has 1 aliphatic carbocycles. The highest BCUT2D eigenvalue weighted by Gasteiger charge is 2.24. The molecule has 0 aliphatic heterocycles. The zero-order valence-electron chi connectivity index (χ0n) is 13.1. The topological polar surface area (TPSA) is 63.6 Å². The number of fused-ring (bicyclic) bond motifs is 1. The van der Waals surface area contributed by atoms with Crippen molar-refractivity contribution in [3.05, 3.63) is 43.0 Å². The predicted molar refractivity (Wildman–Crippen MR) is 91.0 cm³/mol. The second kappa shape index (κ2) is 5.91. The van der Waals surface area contributed by atoms with E-state index in [9.17, 15) is 0 Å². The van der Waals surface area contributed by atoms with Gasteiger partial charge in [0.1, 0.15) is 5.82 Å². The van der Waals surface area contributed by atoms with E-state index in [0.29, 0.717) is 17.8 Å². The first-order valence-corrected chi connectivity index (χ1v) is 8.10. The lowest BCUT2D eigenvalue weighted by Crippen LogP contribution is -2.22. The Labute approximate surface area is 135 Å². The van der Waals surface area contributed by atoms with Crippen LogP contribution in [0.1, 0.15) is 26.2 Å². The average molecular weight is 305 g/mol. The van der Waals surface area contributed by atoms with Crippen molar-refractivity contribution in [3.8, 4) is 11.4 Å². The van der Waals surface area contributed by atoms with Gasteiger partial charge in [0.15, 0.2) is 5.82 Å². The van der Waals surface area contributed by atoms with Crippen molar-refractivity contribution < 1.29 is 0 Å². The molecule has 5 nitrogen and oxygen atoms in total. The summed E-state index contributed by atoms with van der Waals surface area (Å²) in [5, 5.41) is 4.67. The Morgan fingerprint density at radius 2 is 1.83 bits per heavy atom. The maximum atomic E-state index is 4.79. The first-order chi connectivity index (χ1) is 11.3. The quantitative estimate of drug-likeness (QED) is 0.799. The summed E-state index contributed by atoms with van der Waals surface area (Å²) in [6.07, 6.45) is 10.9. The highest BCUT2D eigenvalue weighted by Crippen LogP contribution is 2.30. The SMILES string of the molecule is CC1CCCC1Nc1nc(-c2ccncc2)nc2cnccc12. The molecular weight excluding hydrogens is 286 g/mol. The summed E-state index contributed by atoms with van der Waals surface area (Å²) < 4.78 is 0. The van der Waals surface area contributed by atoms with Crippen molar-refractivity contribution in [1.82, 2.24) is 19.9 Å². The van der Waals surface area contributed by atoms with Gasteiger partial charge in [-0.1, -0.05) is 13.3 Å². The lowest BCUT2D eigenvalue weighted by atomic mass is 10.1. The third-order valence-corrected chi connectivity index (χ3v) is 4.62. The molecule has 0 aromatic carbocycles. The van der Waals surface area contributed by atoms with Gasteiger partial charge in [-0.2, -0.15) is 0 Å². The van der Waals surface area contributed by atoms with Gasteiger partial charge in [0.2, 0.25) is 0 Å². The first kappa shape index (κ1) is 14.1. The van der Waals surface area contributed by atoms with Crippen LogP contribution in [0.5, 0.6) is 0 Å². The largest absolute Gasteiger partial charge is 0.366 e. The summed E-state index contributed by atoms with van der Waals surface area (Å²) in [7, 11) is 0. The van der Waals surface area contributed by atoms with Gasteiger partial charge >= 0.3 is 0 Å². The number of anilines is 1. The summed E-state index contributed by atoms with van der Waals surface area (Å²) in [6.45, 7) is 2.30. The van der Waals surface area contributed by atoms with E-state index in [4.69, 9.17) is 4.98 Å². The molecule has 23 heavy (non-hydrogen) atoms. The van der Waals surface area contributed by atoms with Crippen molar-refractivity contribution in [2.24, 2.45) is 5.92 Å². The zero-order valence-corrected chi connectivity index (χ0v) is 13.1. The summed E-state index contributed by atoms with van der Waals surface area (Å²) in [5.74, 6) is 2.29. The molecule has 2 atom stereocenters. The van der Waals surface area contributed by atoms with Crippen LogP contribution in [0.2, 0.25) is 0 Å². The van der Waals surface area contributed by atoms with Gasteiger partial charge in [-0.15, -0.1) is 0 Å². The number of hydrogen-bond acceptors (Lipinski definition) is 5. The fourth-order valence-corrected chi connectivity index (χ4v) is 3.26. The van der Waals surface area contributed by atoms with Crippen LogP contribution in [0.3, 0.4) is 0 Å². The Morgan fingerprint density at radius 1 is 1.00 bits per heavy atom. The lowest BCUT2D eigenvalue weighted by Gasteiger charge is -2.19. The lowest BCUT2D eigenvalue weighted by molar-refractivity contribution is 0.555. The highest BCUT2D eigenvalue weighted by molar-refractivity contribution is 5.90. The van der Waals surface area contributed by atoms with E-state index in [-0.39, 0.29) is 0 Å². The minimum Gasteiger partial charge on any atom is -0.366 e. The monoisotopic (exact) mass is 305 g/mol. The molecule has 3 aromatic rings. The molecule has 1 fully saturated rings. The molecule has 5 heteroatoms. The van der Waals surface area contributed by atoms with E-state index in [1.165, 1.54) is 19.3 Å². The number of nitrogens with zero attached hydrogens (tertiary/aromatic N) is 4. The van der Waals surface area contributed by atoms with E-state index in [2.05, 4.69) is 27.2 Å². The Kier molecular flexibility index (Phi) is 3.61. The minimum absolute atomic E-state index is 0.478. The molecule has 0 bridgehead atoms. The van der Waals surface area contributed by atoms with Crippen LogP contribution in [0, 0.1) is 5.92 Å². The Balaban J connectivity index is 1.81. The Morgan fingerprint density at radius 3 is 2.61 bits per heavy atom. The Hall–Kier alpha value is -2.56. The van der Waals surface area contributed by atoms with Crippen LogP contribution in [-0.2, 0) is 0 Å². The van der Waals surface area contributed by atoms with Crippen molar-refractivity contribution in [2.45, 2.75) is 32.2 Å². The molecule has 1 N–H and O–H groups in total. The van der Waals surface area contributed by atoms with E-state index in [1.807, 2.05) is 18.2 Å². The predicted octanol–water partition coefficient (Wildman–Crippen LogP) is 3.69. The van der Waals surface area contributed by atoms with Crippen LogP contribution in [0.15, 0.2) is 43.0 Å². The molecule has 0 spiro atoms. The fourth-order valence-electron chi connectivity index (χ4n) is 3.26. The van der Waals surface area contributed by atoms with Gasteiger partial charge in [-0.05, 0) is 37.0 Å². The molecule has 0 amide bonds. The average Bonchev–Trinajstić information content (AvgIpc) is 3.00. The van der Waals surface area contributed by atoms with Crippen LogP contribution in [0.25, 0.3) is 22.3 Å². The van der Waals surface area contributed by atoms with E-state index >= 15 is 0 Å². The molecule has 116 valence electrons. The van der Waals surface area contributed by atoms with Crippen LogP contribution in [-0.4, -0.2) is 26.0 Å². The van der Waals surface area contributed by atoms with Gasteiger partial charge in [-0.3, -0.25) is 9.97 Å². The van der Waals surface area contributed by atoms with E-state index in [0.717, 1.165) is 22.3 Å². The minimum atomic E-state index is 0.478. The fraction of sp³-hybridized carbons (Fsp3) is 0.333. The zero-order chi connectivity index (χ0) is 15.6. The third-order valence-electron chi connectivity index (χ3n) is 4.62. The molecule has 2 unspecified atom stereocenters. The molecule has 0 saturated heterocycles. The molecular formula is C18H19N5. The highest BCUT2D eigenvalue weighted by atomic mass is 15.1. The maximum Gasteiger partial charge on any atom is 0.162 e. The van der Waals surface area contributed by atoms with Gasteiger partial charge < -0.3 is 5.32 Å². The summed E-state index contributed by atoms with van der Waals surface area (Å²) in [4.78, 5) is 17.7. The molecule has 3 aromatic heterocycles. The van der Waals surface area contributed by atoms with Crippen LogP contribution in [0.4, 0.5) is 5.82 Å². The van der Waals surface area contributed by atoms with Gasteiger partial charge in [-0.25, -0.2) is 9.97 Å². The number of rotatable bonds is 3. The molecule has 1 aliphatic rings. The number of nitrogens with one attached hydrogen (secondary N) is 1.